The van der Waals surface area contributed by atoms with Crippen LogP contribution in [-0.2, 0) is 16.1 Å². The fourth-order valence-electron chi connectivity index (χ4n) is 5.41. The molecule has 2 N–H and O–H groups in total. The Hall–Kier alpha value is -4.57. The normalized spacial score (nSPS) is 17.2. The molecule has 0 saturated carbocycles. The maximum atomic E-state index is 14.1. The Morgan fingerprint density at radius 3 is 2.20 bits per heavy atom. The molecule has 1 aromatic heterocycles. The molecule has 5 rings (SSSR count). The summed E-state index contributed by atoms with van der Waals surface area (Å²) in [5.41, 5.74) is 1.14. The summed E-state index contributed by atoms with van der Waals surface area (Å²) in [6.07, 6.45) is 2.16. The van der Waals surface area contributed by atoms with Gasteiger partial charge in [0.05, 0.1) is 11.4 Å². The topological polar surface area (TPSA) is 123 Å². The van der Waals surface area contributed by atoms with E-state index in [-0.39, 0.29) is 12.8 Å². The number of carboxylic acid groups (broad SMARTS) is 1. The van der Waals surface area contributed by atoms with Gasteiger partial charge < -0.3 is 10.4 Å². The minimum Gasteiger partial charge on any atom is -0.480 e. The minimum absolute atomic E-state index is 0.211. The van der Waals surface area contributed by atoms with E-state index in [1.165, 1.54) is 13.8 Å². The summed E-state index contributed by atoms with van der Waals surface area (Å²) >= 11 is 0. The van der Waals surface area contributed by atoms with E-state index in [0.29, 0.717) is 25.3 Å². The van der Waals surface area contributed by atoms with E-state index >= 15 is 0 Å². The van der Waals surface area contributed by atoms with Crippen LogP contribution in [0.5, 0.6) is 0 Å². The molecule has 2 aliphatic rings. The van der Waals surface area contributed by atoms with Crippen LogP contribution in [0.25, 0.3) is 11.1 Å². The molecule has 2 fully saturated rings. The number of amides is 5. The van der Waals surface area contributed by atoms with Gasteiger partial charge in [-0.2, -0.15) is 0 Å². The van der Waals surface area contributed by atoms with Crippen molar-refractivity contribution >= 4 is 29.6 Å². The molecule has 2 saturated heterocycles. The second kappa shape index (κ2) is 10.8. The lowest BCUT2D eigenvalue weighted by Gasteiger charge is -2.41. The number of carbonyl (C=O) groups excluding carboxylic acids is 3. The van der Waals surface area contributed by atoms with E-state index < -0.39 is 35.0 Å². The molecule has 3 heterocycles. The second-order valence-corrected chi connectivity index (χ2v) is 11.1. The van der Waals surface area contributed by atoms with Crippen LogP contribution in [0.2, 0.25) is 0 Å². The predicted octanol–water partition coefficient (Wildman–Crippen LogP) is 4.43. The highest BCUT2D eigenvalue weighted by Crippen LogP contribution is 2.40. The van der Waals surface area contributed by atoms with Crippen molar-refractivity contribution in [3.05, 3.63) is 84.2 Å². The summed E-state index contributed by atoms with van der Waals surface area (Å²) in [4.78, 5) is 61.9. The first-order valence-electron chi connectivity index (χ1n) is 13.6. The average molecular weight is 556 g/mol. The van der Waals surface area contributed by atoms with E-state index in [1.807, 2.05) is 61.5 Å². The quantitative estimate of drug-likeness (QED) is 0.431. The van der Waals surface area contributed by atoms with Crippen LogP contribution < -0.4 is 10.2 Å². The zero-order chi connectivity index (χ0) is 29.4. The van der Waals surface area contributed by atoms with E-state index in [2.05, 4.69) is 15.2 Å². The monoisotopic (exact) mass is 555 g/mol. The molecule has 10 heteroatoms. The number of nitrogens with one attached hydrogen (secondary N) is 1. The van der Waals surface area contributed by atoms with E-state index in [4.69, 9.17) is 0 Å². The van der Waals surface area contributed by atoms with Crippen molar-refractivity contribution in [1.29, 1.82) is 0 Å². The fourth-order valence-corrected chi connectivity index (χ4v) is 5.41. The lowest BCUT2D eigenvalue weighted by Crippen LogP contribution is -2.63. The Morgan fingerprint density at radius 1 is 0.951 bits per heavy atom. The highest BCUT2D eigenvalue weighted by molar-refractivity contribution is 6.27. The average Bonchev–Trinajstić information content (AvgIpc) is 3.16. The number of anilines is 1. The molecule has 1 spiro atoms. The Balaban J connectivity index is 1.45. The van der Waals surface area contributed by atoms with Gasteiger partial charge in [0, 0.05) is 25.8 Å². The summed E-state index contributed by atoms with van der Waals surface area (Å²) < 4.78 is 0. The van der Waals surface area contributed by atoms with Gasteiger partial charge in [-0.05, 0) is 68.5 Å². The van der Waals surface area contributed by atoms with Gasteiger partial charge in [0.25, 0.3) is 5.91 Å². The number of imide groups is 2. The van der Waals surface area contributed by atoms with Crippen molar-refractivity contribution in [2.75, 3.05) is 18.0 Å². The lowest BCUT2D eigenvalue weighted by molar-refractivity contribution is -0.143. The van der Waals surface area contributed by atoms with Gasteiger partial charge in [-0.1, -0.05) is 48.5 Å². The van der Waals surface area contributed by atoms with Gasteiger partial charge in [0.2, 0.25) is 0 Å². The van der Waals surface area contributed by atoms with Crippen molar-refractivity contribution in [2.24, 2.45) is 0 Å². The fraction of sp³-hybridized carbons (Fsp3) is 0.323. The van der Waals surface area contributed by atoms with Crippen molar-refractivity contribution < 1.29 is 24.3 Å². The molecule has 2 aliphatic heterocycles. The number of aryl methyl sites for hydroxylation is 1. The Bertz CT molecular complexity index is 1480. The van der Waals surface area contributed by atoms with E-state index in [1.54, 1.807) is 18.3 Å². The van der Waals surface area contributed by atoms with Gasteiger partial charge in [0.15, 0.2) is 0 Å². The maximum Gasteiger partial charge on any atom is 0.340 e. The number of aliphatic carboxylic acids is 1. The molecule has 212 valence electrons. The zero-order valence-corrected chi connectivity index (χ0v) is 23.3. The number of benzene rings is 2. The number of likely N-dealkylation sites (tertiary alicyclic amines) is 1. The first-order valence-corrected chi connectivity index (χ1v) is 13.6. The molecule has 2 aromatic carbocycles. The summed E-state index contributed by atoms with van der Waals surface area (Å²) in [7, 11) is 0. The third-order valence-electron chi connectivity index (χ3n) is 7.98. The smallest absolute Gasteiger partial charge is 0.340 e. The van der Waals surface area contributed by atoms with Crippen molar-refractivity contribution in [3.8, 4) is 11.1 Å². The zero-order valence-electron chi connectivity index (χ0n) is 23.3. The molecule has 5 amide bonds. The first kappa shape index (κ1) is 28.0. The molecule has 0 radical (unpaired) electrons. The standard InChI is InChI=1S/C31H33N5O5/c1-21-8-7-17-32-25(21)20-34-18-15-31(16-19-34)26(37)35(29(41)36(31)28(40)33-30(2,3)27(38)39)24-13-11-23(12-14-24)22-9-5-4-6-10-22/h4-14,17H,15-16,18-20H2,1-3H3,(H,33,40)(H,38,39). The minimum atomic E-state index is -1.65. The Kier molecular flexibility index (Phi) is 7.35. The van der Waals surface area contributed by atoms with Gasteiger partial charge >= 0.3 is 18.0 Å². The third-order valence-corrected chi connectivity index (χ3v) is 7.98. The number of carboxylic acids is 1. The number of urea groups is 2. The van der Waals surface area contributed by atoms with Crippen LogP contribution in [-0.4, -0.2) is 68.0 Å². The molecule has 0 bridgehead atoms. The van der Waals surface area contributed by atoms with Gasteiger partial charge in [0.1, 0.15) is 11.1 Å². The Morgan fingerprint density at radius 2 is 1.59 bits per heavy atom. The van der Waals surface area contributed by atoms with Crippen molar-refractivity contribution in [1.82, 2.24) is 20.1 Å². The molecule has 0 unspecified atom stereocenters. The lowest BCUT2D eigenvalue weighted by atomic mass is 9.85. The van der Waals surface area contributed by atoms with Crippen LogP contribution in [0, 0.1) is 6.92 Å². The highest BCUT2D eigenvalue weighted by Gasteiger charge is 2.61. The largest absolute Gasteiger partial charge is 0.480 e. The first-order chi connectivity index (χ1) is 19.5. The number of hydrogen-bond acceptors (Lipinski definition) is 6. The maximum absolute atomic E-state index is 14.1. The summed E-state index contributed by atoms with van der Waals surface area (Å²) in [6.45, 7) is 6.13. The second-order valence-electron chi connectivity index (χ2n) is 11.1. The van der Waals surface area contributed by atoms with Gasteiger partial charge in [-0.3, -0.25) is 14.7 Å². The van der Waals surface area contributed by atoms with Crippen LogP contribution in [0.4, 0.5) is 15.3 Å². The number of aromatic nitrogens is 1. The number of pyridine rings is 1. The molecular formula is C31H33N5O5. The summed E-state index contributed by atoms with van der Waals surface area (Å²) in [5.74, 6) is -1.75. The van der Waals surface area contributed by atoms with Crippen molar-refractivity contribution in [3.63, 3.8) is 0 Å². The van der Waals surface area contributed by atoms with E-state index in [0.717, 1.165) is 32.2 Å². The molecule has 41 heavy (non-hydrogen) atoms. The third kappa shape index (κ3) is 5.18. The molecular weight excluding hydrogens is 522 g/mol. The number of carbonyl (C=O) groups is 4. The number of hydrogen-bond donors (Lipinski definition) is 2. The SMILES string of the molecule is Cc1cccnc1CN1CCC2(CC1)C(=O)N(c1ccc(-c3ccccc3)cc1)C(=O)N2C(=O)NC(C)(C)C(=O)O. The molecule has 10 nitrogen and oxygen atoms in total. The van der Waals surface area contributed by atoms with Crippen LogP contribution >= 0.6 is 0 Å². The van der Waals surface area contributed by atoms with Crippen LogP contribution in [0.3, 0.4) is 0 Å². The summed E-state index contributed by atoms with van der Waals surface area (Å²) in [6, 6.07) is 18.9. The van der Waals surface area contributed by atoms with Crippen LogP contribution in [0.15, 0.2) is 72.9 Å². The number of piperidine rings is 1. The van der Waals surface area contributed by atoms with E-state index in [9.17, 15) is 24.3 Å². The Labute approximate surface area is 238 Å². The van der Waals surface area contributed by atoms with Crippen molar-refractivity contribution in [2.45, 2.75) is 51.2 Å². The summed E-state index contributed by atoms with van der Waals surface area (Å²) in [5, 5.41) is 12.0. The number of nitrogens with zero attached hydrogens (tertiary/aromatic N) is 4. The molecule has 0 aliphatic carbocycles. The highest BCUT2D eigenvalue weighted by atomic mass is 16.4. The predicted molar refractivity (Wildman–Crippen MR) is 153 cm³/mol. The number of rotatable bonds is 6. The van der Waals surface area contributed by atoms with Gasteiger partial charge in [-0.25, -0.2) is 24.2 Å². The van der Waals surface area contributed by atoms with Gasteiger partial charge in [-0.15, -0.1) is 0 Å². The molecule has 3 aromatic rings. The van der Waals surface area contributed by atoms with Crippen LogP contribution in [0.1, 0.15) is 37.9 Å². The molecule has 0 atom stereocenters.